The maximum atomic E-state index is 10.8. The number of hydrogen-bond donors (Lipinski definition) is 0. The molecule has 12 heavy (non-hydrogen) atoms. The van der Waals surface area contributed by atoms with Crippen molar-refractivity contribution in [1.29, 1.82) is 0 Å². The fraction of sp³-hybridized carbons (Fsp3) is 0.875. The number of hydrogen-bond acceptors (Lipinski definition) is 2. The van der Waals surface area contributed by atoms with Crippen LogP contribution in [0.15, 0.2) is 0 Å². The summed E-state index contributed by atoms with van der Waals surface area (Å²) in [7, 11) is 0. The van der Waals surface area contributed by atoms with E-state index in [1.54, 1.807) is 0 Å². The summed E-state index contributed by atoms with van der Waals surface area (Å²) in [5.74, 6) is -0.0420. The Balaban J connectivity index is 0. The third kappa shape index (κ3) is 10.6. The van der Waals surface area contributed by atoms with Crippen LogP contribution in [0.2, 0.25) is 5.02 Å². The molecule has 0 radical (unpaired) electrons. The van der Waals surface area contributed by atoms with Gasteiger partial charge in [-0.3, -0.25) is 0 Å². The number of carbonyl (C=O) groups excluding carboxylic acids is 1. The summed E-state index contributed by atoms with van der Waals surface area (Å²) in [6.07, 6.45) is 4.06. The van der Waals surface area contributed by atoms with Crippen molar-refractivity contribution >= 4 is 23.0 Å². The van der Waals surface area contributed by atoms with Gasteiger partial charge in [-0.2, -0.15) is 0 Å². The number of ether oxygens (including phenoxy) is 1. The van der Waals surface area contributed by atoms with Gasteiger partial charge in [-0.1, -0.05) is 0 Å². The van der Waals surface area contributed by atoms with Crippen molar-refractivity contribution < 1.29 is 27.8 Å². The van der Waals surface area contributed by atoms with Gasteiger partial charge in [0.15, 0.2) is 0 Å². The summed E-state index contributed by atoms with van der Waals surface area (Å²) in [4.78, 5) is 10.8. The Bertz CT molecular complexity index is 109. The summed E-state index contributed by atoms with van der Waals surface area (Å²) in [5.41, 5.74) is 0. The van der Waals surface area contributed by atoms with E-state index < -0.39 is 0 Å². The average molecular weight is 290 g/mol. The molecule has 0 unspecified atom stereocenters. The normalized spacial score (nSPS) is 8.92. The first-order valence-electron chi connectivity index (χ1n) is 4.26. The van der Waals surface area contributed by atoms with Crippen LogP contribution >= 0.6 is 17.0 Å². The number of carbonyl (C=O) groups is 1. The first-order valence-corrected chi connectivity index (χ1v) is 6.36. The van der Waals surface area contributed by atoms with Crippen LogP contribution in [0.3, 0.4) is 0 Å². The third-order valence-electron chi connectivity index (χ3n) is 1.44. The molecule has 0 aromatic carbocycles. The Morgan fingerprint density at radius 3 is 2.50 bits per heavy atom. The number of halogens is 1. The van der Waals surface area contributed by atoms with Gasteiger partial charge in [0, 0.05) is 0 Å². The van der Waals surface area contributed by atoms with E-state index in [4.69, 9.17) is 4.74 Å². The van der Waals surface area contributed by atoms with E-state index in [2.05, 4.69) is 0 Å². The van der Waals surface area contributed by atoms with Crippen LogP contribution in [0.5, 0.6) is 0 Å². The van der Waals surface area contributed by atoms with Gasteiger partial charge in [-0.15, -0.1) is 17.0 Å². The monoisotopic (exact) mass is 287 g/mol. The molecule has 0 heterocycles. The maximum absolute atomic E-state index is 10.8. The second-order valence-corrected chi connectivity index (χ2v) is 3.95. The molecule has 69 valence electrons. The predicted octanol–water partition coefficient (Wildman–Crippen LogP) is 2.65. The van der Waals surface area contributed by atoms with Crippen LogP contribution in [-0.4, -0.2) is 12.6 Å². The third-order valence-corrected chi connectivity index (χ3v) is 2.49. The molecule has 4 heteroatoms. The van der Waals surface area contributed by atoms with Gasteiger partial charge in [0.2, 0.25) is 0 Å². The average Bonchev–Trinajstić information content (AvgIpc) is 1.99. The molecule has 0 saturated carbocycles. The Labute approximate surface area is 94.9 Å². The molecule has 0 aromatic heterocycles. The molecule has 0 spiro atoms. The van der Waals surface area contributed by atoms with Gasteiger partial charge < -0.3 is 0 Å². The van der Waals surface area contributed by atoms with Crippen molar-refractivity contribution in [3.63, 3.8) is 0 Å². The van der Waals surface area contributed by atoms with Crippen LogP contribution in [0.4, 0.5) is 0 Å². The molecule has 2 nitrogen and oxygen atoms in total. The van der Waals surface area contributed by atoms with Crippen molar-refractivity contribution in [2.75, 3.05) is 6.61 Å². The summed E-state index contributed by atoms with van der Waals surface area (Å²) in [6, 6.07) is 0. The summed E-state index contributed by atoms with van der Waals surface area (Å²) in [6.45, 7) is 2.35. The first kappa shape index (κ1) is 15.1. The molecule has 0 rings (SSSR count). The van der Waals surface area contributed by atoms with Crippen molar-refractivity contribution in [3.8, 4) is 0 Å². The van der Waals surface area contributed by atoms with Gasteiger partial charge in [-0.05, 0) is 0 Å². The van der Waals surface area contributed by atoms with Crippen molar-refractivity contribution in [3.05, 3.63) is 0 Å². The van der Waals surface area contributed by atoms with E-state index in [0.29, 0.717) is 13.0 Å². The number of esters is 1. The summed E-state index contributed by atoms with van der Waals surface area (Å²) < 4.78 is 4.79. The molecular formula is C8H16BrO2Zn. The molecule has 0 aliphatic rings. The molecule has 0 N–H and O–H groups in total. The zero-order valence-electron chi connectivity index (χ0n) is 7.67. The van der Waals surface area contributed by atoms with E-state index >= 15 is 0 Å². The van der Waals surface area contributed by atoms with Gasteiger partial charge in [-0.25, -0.2) is 0 Å². The van der Waals surface area contributed by atoms with E-state index in [1.807, 2.05) is 6.92 Å². The number of rotatable bonds is 6. The van der Waals surface area contributed by atoms with Crippen LogP contribution in [-0.2, 0) is 27.8 Å². The molecule has 0 aromatic rings. The molecule has 0 amide bonds. The van der Waals surface area contributed by atoms with Gasteiger partial charge in [0.1, 0.15) is 0 Å². The van der Waals surface area contributed by atoms with Crippen LogP contribution < -0.4 is 0 Å². The van der Waals surface area contributed by atoms with E-state index in [-0.39, 0.29) is 23.0 Å². The van der Waals surface area contributed by atoms with Crippen molar-refractivity contribution in [2.24, 2.45) is 0 Å². The topological polar surface area (TPSA) is 26.3 Å². The first-order chi connectivity index (χ1) is 5.31. The molecule has 0 aliphatic carbocycles. The molecule has 0 saturated heterocycles. The molecule has 0 aliphatic heterocycles. The minimum atomic E-state index is -0.0420. The van der Waals surface area contributed by atoms with E-state index in [0.717, 1.165) is 6.42 Å². The Morgan fingerprint density at radius 1 is 1.33 bits per heavy atom. The fourth-order valence-electron chi connectivity index (χ4n) is 0.856. The second-order valence-electron chi connectivity index (χ2n) is 2.47. The van der Waals surface area contributed by atoms with Gasteiger partial charge in [0.05, 0.1) is 0 Å². The van der Waals surface area contributed by atoms with Crippen LogP contribution in [0.1, 0.15) is 32.6 Å². The quantitative estimate of drug-likeness (QED) is 0.427. The fourth-order valence-corrected chi connectivity index (χ4v) is 1.60. The van der Waals surface area contributed by atoms with Crippen molar-refractivity contribution in [1.82, 2.24) is 0 Å². The van der Waals surface area contributed by atoms with Crippen LogP contribution in [0, 0.1) is 0 Å². The number of unbranched alkanes of at least 4 members (excludes halogenated alkanes) is 2. The second kappa shape index (κ2) is 11.6. The van der Waals surface area contributed by atoms with Crippen molar-refractivity contribution in [2.45, 2.75) is 37.6 Å². The van der Waals surface area contributed by atoms with E-state index in [1.165, 1.54) is 36.2 Å². The zero-order valence-corrected chi connectivity index (χ0v) is 12.4. The Hall–Kier alpha value is 0.573. The van der Waals surface area contributed by atoms with Gasteiger partial charge in [0.25, 0.3) is 0 Å². The SMILES string of the molecule is Br.CCOC(=O)CCCC[CH2][Zn]. The zero-order chi connectivity index (χ0) is 8.53. The standard InChI is InChI=1S/C8H15O2.BrH.Zn/c1-3-5-6-7-8(9)10-4-2;;/h1,3-7H2,2H3;1H;. The Kier molecular flexibility index (Phi) is 14.5. The summed E-state index contributed by atoms with van der Waals surface area (Å²) in [5, 5.41) is 1.34. The molecule has 0 atom stereocenters. The predicted molar refractivity (Wildman–Crippen MR) is 50.2 cm³/mol. The van der Waals surface area contributed by atoms with Crippen LogP contribution in [0.25, 0.3) is 0 Å². The minimum absolute atomic E-state index is 0. The summed E-state index contributed by atoms with van der Waals surface area (Å²) >= 11 is 1.37. The molecular weight excluding hydrogens is 273 g/mol. The van der Waals surface area contributed by atoms with E-state index in [9.17, 15) is 4.79 Å². The molecule has 0 bridgehead atoms. The Morgan fingerprint density at radius 2 is 2.00 bits per heavy atom. The molecule has 0 fully saturated rings. The van der Waals surface area contributed by atoms with Gasteiger partial charge >= 0.3 is 78.0 Å².